The van der Waals surface area contributed by atoms with Crippen molar-refractivity contribution < 1.29 is 9.13 Å². The van der Waals surface area contributed by atoms with E-state index in [9.17, 15) is 4.79 Å². The number of pyridine rings is 1. The quantitative estimate of drug-likeness (QED) is 0.901. The number of fused-ring (bicyclic) bond motifs is 2. The van der Waals surface area contributed by atoms with Gasteiger partial charge in [-0.05, 0) is 51.1 Å². The number of nitrogens with zero attached hydrogens (tertiary/aromatic N) is 2. The minimum Gasteiger partial charge on any atom is -0.492 e. The van der Waals surface area contributed by atoms with Crippen molar-refractivity contribution in [3.63, 3.8) is 0 Å². The average Bonchev–Trinajstić information content (AvgIpc) is 3.42. The fraction of sp³-hybridized carbons (Fsp3) is 0.571. The molecule has 2 saturated heterocycles. The van der Waals surface area contributed by atoms with E-state index in [1.807, 2.05) is 6.20 Å². The van der Waals surface area contributed by atoms with Crippen LogP contribution in [0, 0.1) is 18.7 Å². The van der Waals surface area contributed by atoms with Crippen molar-refractivity contribution in [3.05, 3.63) is 33.9 Å². The first-order chi connectivity index (χ1) is 13.1. The molecule has 0 bridgehead atoms. The summed E-state index contributed by atoms with van der Waals surface area (Å²) in [4.78, 5) is 14.8. The van der Waals surface area contributed by atoms with Gasteiger partial charge in [0.25, 0.3) is 0 Å². The van der Waals surface area contributed by atoms with E-state index >= 15 is 4.39 Å². The molecular formula is C21H26FN3O2. The Bertz CT molecular complexity index is 952. The van der Waals surface area contributed by atoms with E-state index in [0.717, 1.165) is 38.0 Å². The minimum absolute atomic E-state index is 0.109. The Morgan fingerprint density at radius 3 is 2.78 bits per heavy atom. The molecule has 5 nitrogen and oxygen atoms in total. The number of ether oxygens (including phenoxy) is 1. The number of hydrogen-bond donors (Lipinski definition) is 1. The highest BCUT2D eigenvalue weighted by atomic mass is 19.1. The Kier molecular flexibility index (Phi) is 3.93. The normalized spacial score (nSPS) is 25.1. The lowest BCUT2D eigenvalue weighted by Gasteiger charge is -2.25. The predicted octanol–water partition coefficient (Wildman–Crippen LogP) is 2.98. The Hall–Kier alpha value is -2.08. The molecule has 0 unspecified atom stereocenters. The standard InChI is InChI=1S/C21H26FN3O2/c1-12-9-25(14-5-6-14)18-15(20(12)26)8-16(22)19(21(18)27-2)24-10-13-4-3-7-23-17(13)11-24/h8-9,13-14,17,23H,3-7,10-11H2,1-2H3/t13-,17-/m0/s1. The third kappa shape index (κ3) is 2.64. The lowest BCUT2D eigenvalue weighted by atomic mass is 9.94. The number of rotatable bonds is 3. The fourth-order valence-corrected chi connectivity index (χ4v) is 4.94. The third-order valence-electron chi connectivity index (χ3n) is 6.44. The van der Waals surface area contributed by atoms with Gasteiger partial charge in [-0.3, -0.25) is 4.79 Å². The fourth-order valence-electron chi connectivity index (χ4n) is 4.94. The van der Waals surface area contributed by atoms with Gasteiger partial charge in [-0.15, -0.1) is 0 Å². The first-order valence-electron chi connectivity index (χ1n) is 9.98. The van der Waals surface area contributed by atoms with Crippen LogP contribution in [0.1, 0.15) is 37.3 Å². The van der Waals surface area contributed by atoms with E-state index < -0.39 is 0 Å². The molecule has 27 heavy (non-hydrogen) atoms. The predicted molar refractivity (Wildman–Crippen MR) is 104 cm³/mol. The Balaban J connectivity index is 1.71. The molecule has 2 atom stereocenters. The van der Waals surface area contributed by atoms with Gasteiger partial charge >= 0.3 is 0 Å². The summed E-state index contributed by atoms with van der Waals surface area (Å²) in [5, 5.41) is 4.00. The molecule has 0 amide bonds. The molecule has 3 heterocycles. The molecule has 1 aromatic heterocycles. The van der Waals surface area contributed by atoms with E-state index in [1.165, 1.54) is 18.9 Å². The molecule has 0 spiro atoms. The lowest BCUT2D eigenvalue weighted by molar-refractivity contribution is 0.340. The van der Waals surface area contributed by atoms with E-state index in [1.54, 1.807) is 14.0 Å². The second kappa shape index (κ2) is 6.23. The summed E-state index contributed by atoms with van der Waals surface area (Å²) in [6.45, 7) is 4.45. The van der Waals surface area contributed by atoms with Crippen molar-refractivity contribution in [1.82, 2.24) is 9.88 Å². The van der Waals surface area contributed by atoms with E-state index in [2.05, 4.69) is 14.8 Å². The van der Waals surface area contributed by atoms with E-state index in [0.29, 0.717) is 40.4 Å². The lowest BCUT2D eigenvalue weighted by Crippen LogP contribution is -2.40. The smallest absolute Gasteiger partial charge is 0.192 e. The largest absolute Gasteiger partial charge is 0.492 e. The van der Waals surface area contributed by atoms with Crippen molar-refractivity contribution in [2.45, 2.75) is 44.7 Å². The molecule has 2 aliphatic heterocycles. The van der Waals surface area contributed by atoms with Crippen LogP contribution < -0.4 is 20.4 Å². The maximum atomic E-state index is 15.3. The summed E-state index contributed by atoms with van der Waals surface area (Å²) < 4.78 is 23.2. The van der Waals surface area contributed by atoms with Gasteiger partial charge in [0.05, 0.1) is 18.0 Å². The second-order valence-electron chi connectivity index (χ2n) is 8.28. The van der Waals surface area contributed by atoms with Crippen molar-refractivity contribution in [2.24, 2.45) is 5.92 Å². The maximum absolute atomic E-state index is 15.3. The van der Waals surface area contributed by atoms with Gasteiger partial charge in [0.1, 0.15) is 5.69 Å². The molecule has 144 valence electrons. The average molecular weight is 371 g/mol. The summed E-state index contributed by atoms with van der Waals surface area (Å²) in [6.07, 6.45) is 6.44. The molecule has 0 radical (unpaired) electrons. The van der Waals surface area contributed by atoms with Gasteiger partial charge < -0.3 is 19.5 Å². The van der Waals surface area contributed by atoms with Crippen LogP contribution in [-0.4, -0.2) is 37.4 Å². The van der Waals surface area contributed by atoms with Gasteiger partial charge in [0, 0.05) is 36.9 Å². The number of hydrogen-bond acceptors (Lipinski definition) is 4. The zero-order valence-electron chi connectivity index (χ0n) is 15.9. The number of anilines is 1. The first-order valence-corrected chi connectivity index (χ1v) is 9.98. The monoisotopic (exact) mass is 371 g/mol. The highest BCUT2D eigenvalue weighted by molar-refractivity contribution is 5.92. The molecule has 1 aliphatic carbocycles. The van der Waals surface area contributed by atoms with Crippen molar-refractivity contribution in [1.29, 1.82) is 0 Å². The molecular weight excluding hydrogens is 345 g/mol. The zero-order chi connectivity index (χ0) is 18.7. The number of aromatic nitrogens is 1. The Morgan fingerprint density at radius 2 is 2.07 bits per heavy atom. The molecule has 1 aromatic carbocycles. The van der Waals surface area contributed by atoms with Crippen LogP contribution in [0.2, 0.25) is 0 Å². The minimum atomic E-state index is -0.358. The second-order valence-corrected chi connectivity index (χ2v) is 8.28. The molecule has 6 heteroatoms. The highest BCUT2D eigenvalue weighted by Crippen LogP contribution is 2.44. The Morgan fingerprint density at radius 1 is 1.26 bits per heavy atom. The third-order valence-corrected chi connectivity index (χ3v) is 6.44. The van der Waals surface area contributed by atoms with Gasteiger partial charge in [0.2, 0.25) is 0 Å². The number of methoxy groups -OCH3 is 1. The summed E-state index contributed by atoms with van der Waals surface area (Å²) in [7, 11) is 1.58. The number of aryl methyl sites for hydroxylation is 1. The van der Waals surface area contributed by atoms with Crippen LogP contribution in [0.3, 0.4) is 0 Å². The number of nitrogens with one attached hydrogen (secondary N) is 1. The molecule has 1 N–H and O–H groups in total. The van der Waals surface area contributed by atoms with Gasteiger partial charge in [-0.2, -0.15) is 0 Å². The van der Waals surface area contributed by atoms with Crippen molar-refractivity contribution in [2.75, 3.05) is 31.6 Å². The number of benzene rings is 1. The maximum Gasteiger partial charge on any atom is 0.192 e. The van der Waals surface area contributed by atoms with Crippen LogP contribution >= 0.6 is 0 Å². The summed E-state index contributed by atoms with van der Waals surface area (Å²) in [5.41, 5.74) is 1.80. The van der Waals surface area contributed by atoms with Gasteiger partial charge in [-0.1, -0.05) is 0 Å². The SMILES string of the molecule is COc1c(N2C[C@@H]3CCCN[C@H]3C2)c(F)cc2c(=O)c(C)cn(C3CC3)c12. The molecule has 3 fully saturated rings. The van der Waals surface area contributed by atoms with E-state index in [-0.39, 0.29) is 11.2 Å². The van der Waals surface area contributed by atoms with Crippen molar-refractivity contribution >= 4 is 16.6 Å². The van der Waals surface area contributed by atoms with Gasteiger partial charge in [0.15, 0.2) is 17.0 Å². The summed E-state index contributed by atoms with van der Waals surface area (Å²) in [6, 6.07) is 2.21. The highest BCUT2D eigenvalue weighted by Gasteiger charge is 2.37. The Labute approximate surface area is 158 Å². The van der Waals surface area contributed by atoms with Crippen LogP contribution in [0.15, 0.2) is 17.1 Å². The summed E-state index contributed by atoms with van der Waals surface area (Å²) >= 11 is 0. The number of piperidine rings is 1. The van der Waals surface area contributed by atoms with Crippen LogP contribution in [0.5, 0.6) is 5.75 Å². The van der Waals surface area contributed by atoms with Crippen LogP contribution in [-0.2, 0) is 0 Å². The van der Waals surface area contributed by atoms with Crippen LogP contribution in [0.4, 0.5) is 10.1 Å². The summed E-state index contributed by atoms with van der Waals surface area (Å²) in [5.74, 6) is 0.692. The molecule has 1 saturated carbocycles. The topological polar surface area (TPSA) is 46.5 Å². The van der Waals surface area contributed by atoms with Crippen molar-refractivity contribution in [3.8, 4) is 5.75 Å². The van der Waals surface area contributed by atoms with E-state index in [4.69, 9.17) is 4.74 Å². The van der Waals surface area contributed by atoms with Crippen LogP contribution in [0.25, 0.3) is 10.9 Å². The van der Waals surface area contributed by atoms with Gasteiger partial charge in [-0.25, -0.2) is 4.39 Å². The zero-order valence-corrected chi connectivity index (χ0v) is 15.9. The molecule has 2 aromatic rings. The molecule has 5 rings (SSSR count). The number of halogens is 1. The first kappa shape index (κ1) is 17.0. The molecule has 3 aliphatic rings.